The van der Waals surface area contributed by atoms with Crippen LogP contribution in [-0.4, -0.2) is 44.3 Å². The Labute approximate surface area is 218 Å². The number of halogens is 1. The van der Waals surface area contributed by atoms with E-state index in [1.807, 2.05) is 38.1 Å². The molecule has 0 aliphatic heterocycles. The first-order valence-electron chi connectivity index (χ1n) is 12.0. The number of hydrogen-bond donors (Lipinski definition) is 1. The van der Waals surface area contributed by atoms with Crippen LogP contribution in [0.5, 0.6) is 0 Å². The van der Waals surface area contributed by atoms with Crippen LogP contribution in [0.4, 0.5) is 10.1 Å². The number of sulfonamides is 1. The van der Waals surface area contributed by atoms with Gasteiger partial charge in [-0.2, -0.15) is 0 Å². The van der Waals surface area contributed by atoms with Crippen molar-refractivity contribution in [2.45, 2.75) is 45.2 Å². The van der Waals surface area contributed by atoms with Crippen LogP contribution in [0.2, 0.25) is 0 Å². The molecule has 3 aromatic rings. The summed E-state index contributed by atoms with van der Waals surface area (Å²) in [7, 11) is -4.23. The lowest BCUT2D eigenvalue weighted by Gasteiger charge is -2.32. The zero-order valence-electron chi connectivity index (χ0n) is 21.4. The second-order valence-corrected chi connectivity index (χ2v) is 10.7. The predicted octanol–water partition coefficient (Wildman–Crippen LogP) is 4.19. The van der Waals surface area contributed by atoms with E-state index in [0.717, 1.165) is 33.1 Å². The highest BCUT2D eigenvalue weighted by molar-refractivity contribution is 7.92. The number of amides is 2. The molecule has 9 heteroatoms. The molecular formula is C28H32FN3O4S. The fourth-order valence-electron chi connectivity index (χ4n) is 3.85. The van der Waals surface area contributed by atoms with Crippen LogP contribution in [0.15, 0.2) is 77.7 Å². The van der Waals surface area contributed by atoms with Crippen LogP contribution in [-0.2, 0) is 26.2 Å². The van der Waals surface area contributed by atoms with Crippen molar-refractivity contribution in [3.05, 3.63) is 95.3 Å². The van der Waals surface area contributed by atoms with Gasteiger partial charge >= 0.3 is 0 Å². The van der Waals surface area contributed by atoms with E-state index in [4.69, 9.17) is 0 Å². The lowest BCUT2D eigenvalue weighted by molar-refractivity contribution is -0.139. The Kier molecular flexibility index (Phi) is 9.04. The first-order chi connectivity index (χ1) is 17.5. The number of aryl methyl sites for hydroxylation is 2. The fourth-order valence-corrected chi connectivity index (χ4v) is 5.26. The molecule has 0 aliphatic rings. The van der Waals surface area contributed by atoms with Crippen LogP contribution in [0.3, 0.4) is 0 Å². The maximum absolute atomic E-state index is 13.8. The second-order valence-electron chi connectivity index (χ2n) is 8.82. The van der Waals surface area contributed by atoms with Crippen LogP contribution in [0.1, 0.15) is 30.5 Å². The van der Waals surface area contributed by atoms with Crippen molar-refractivity contribution in [3.8, 4) is 0 Å². The van der Waals surface area contributed by atoms with Crippen LogP contribution < -0.4 is 9.62 Å². The van der Waals surface area contributed by atoms with Gasteiger partial charge in [0, 0.05) is 13.1 Å². The number of likely N-dealkylation sites (N-methyl/N-ethyl adjacent to an activating group) is 1. The number of benzene rings is 3. The SMILES string of the molecule is CCNC(=O)[C@H](C)N(Cc1ccccc1C)C(=O)CN(c1ccc(C)cc1)S(=O)(=O)c1ccc(F)cc1. The average Bonchev–Trinajstić information content (AvgIpc) is 2.87. The fraction of sp³-hybridized carbons (Fsp3) is 0.286. The Morgan fingerprint density at radius 3 is 2.16 bits per heavy atom. The summed E-state index contributed by atoms with van der Waals surface area (Å²) in [4.78, 5) is 27.7. The van der Waals surface area contributed by atoms with Crippen molar-refractivity contribution in [1.29, 1.82) is 0 Å². The third-order valence-corrected chi connectivity index (χ3v) is 7.91. The summed E-state index contributed by atoms with van der Waals surface area (Å²) >= 11 is 0. The molecule has 0 fully saturated rings. The van der Waals surface area contributed by atoms with E-state index in [1.165, 1.54) is 17.0 Å². The summed E-state index contributed by atoms with van der Waals surface area (Å²) in [6.07, 6.45) is 0. The average molecular weight is 526 g/mol. The molecule has 0 aromatic heterocycles. The molecule has 0 heterocycles. The molecule has 7 nitrogen and oxygen atoms in total. The molecule has 0 unspecified atom stereocenters. The Balaban J connectivity index is 2.03. The van der Waals surface area contributed by atoms with Crippen LogP contribution in [0, 0.1) is 19.7 Å². The largest absolute Gasteiger partial charge is 0.355 e. The van der Waals surface area contributed by atoms with Crippen LogP contribution >= 0.6 is 0 Å². The maximum Gasteiger partial charge on any atom is 0.264 e. The molecule has 0 saturated carbocycles. The van der Waals surface area contributed by atoms with Gasteiger partial charge in [-0.15, -0.1) is 0 Å². The first-order valence-corrected chi connectivity index (χ1v) is 13.4. The molecular weight excluding hydrogens is 493 g/mol. The van der Waals surface area contributed by atoms with Crippen molar-refractivity contribution in [3.63, 3.8) is 0 Å². The minimum Gasteiger partial charge on any atom is -0.355 e. The quantitative estimate of drug-likeness (QED) is 0.430. The second kappa shape index (κ2) is 12.0. The van der Waals surface area contributed by atoms with Crippen molar-refractivity contribution >= 4 is 27.5 Å². The number of nitrogens with one attached hydrogen (secondary N) is 1. The number of carbonyl (C=O) groups excluding carboxylic acids is 2. The zero-order valence-corrected chi connectivity index (χ0v) is 22.3. The van der Waals surface area contributed by atoms with Gasteiger partial charge in [-0.25, -0.2) is 12.8 Å². The Hall–Kier alpha value is -3.72. The summed E-state index contributed by atoms with van der Waals surface area (Å²) < 4.78 is 41.8. The smallest absolute Gasteiger partial charge is 0.264 e. The molecule has 0 bridgehead atoms. The van der Waals surface area contributed by atoms with E-state index in [9.17, 15) is 22.4 Å². The molecule has 3 aromatic carbocycles. The third kappa shape index (κ3) is 6.74. The number of hydrogen-bond acceptors (Lipinski definition) is 4. The number of carbonyl (C=O) groups is 2. The Morgan fingerprint density at radius 2 is 1.57 bits per heavy atom. The molecule has 0 saturated heterocycles. The van der Waals surface area contributed by atoms with Gasteiger partial charge in [0.25, 0.3) is 10.0 Å². The highest BCUT2D eigenvalue weighted by Gasteiger charge is 2.32. The van der Waals surface area contributed by atoms with Gasteiger partial charge in [0.1, 0.15) is 18.4 Å². The molecule has 1 N–H and O–H groups in total. The molecule has 1 atom stereocenters. The number of anilines is 1. The van der Waals surface area contributed by atoms with E-state index < -0.39 is 34.3 Å². The van der Waals surface area contributed by atoms with Crippen LogP contribution in [0.25, 0.3) is 0 Å². The predicted molar refractivity (Wildman–Crippen MR) is 142 cm³/mol. The number of rotatable bonds is 10. The zero-order chi connectivity index (χ0) is 27.2. The number of nitrogens with zero attached hydrogens (tertiary/aromatic N) is 2. The van der Waals surface area contributed by atoms with Crippen molar-refractivity contribution < 1.29 is 22.4 Å². The first kappa shape index (κ1) is 27.9. The monoisotopic (exact) mass is 525 g/mol. The van der Waals surface area contributed by atoms with E-state index in [0.29, 0.717) is 6.54 Å². The summed E-state index contributed by atoms with van der Waals surface area (Å²) in [5, 5.41) is 2.73. The molecule has 2 amide bonds. The molecule has 37 heavy (non-hydrogen) atoms. The van der Waals surface area contributed by atoms with Gasteiger partial charge in [0.15, 0.2) is 0 Å². The van der Waals surface area contributed by atoms with Crippen molar-refractivity contribution in [1.82, 2.24) is 10.2 Å². The van der Waals surface area contributed by atoms with Gasteiger partial charge in [-0.05, 0) is 75.2 Å². The summed E-state index contributed by atoms with van der Waals surface area (Å²) in [5.74, 6) is -1.46. The van der Waals surface area contributed by atoms with E-state index >= 15 is 0 Å². The molecule has 196 valence electrons. The van der Waals surface area contributed by atoms with Crippen molar-refractivity contribution in [2.24, 2.45) is 0 Å². The normalized spacial score (nSPS) is 12.0. The Bertz CT molecular complexity index is 1340. The minimum atomic E-state index is -4.23. The summed E-state index contributed by atoms with van der Waals surface area (Å²) in [6.45, 7) is 7.15. The van der Waals surface area contributed by atoms with Crippen molar-refractivity contribution in [2.75, 3.05) is 17.4 Å². The molecule has 3 rings (SSSR count). The minimum absolute atomic E-state index is 0.127. The highest BCUT2D eigenvalue weighted by Crippen LogP contribution is 2.25. The van der Waals surface area contributed by atoms with E-state index in [-0.39, 0.29) is 23.0 Å². The highest BCUT2D eigenvalue weighted by atomic mass is 32.2. The van der Waals surface area contributed by atoms with E-state index in [1.54, 1.807) is 38.1 Å². The van der Waals surface area contributed by atoms with Gasteiger partial charge < -0.3 is 10.2 Å². The molecule has 0 spiro atoms. The molecule has 0 aliphatic carbocycles. The van der Waals surface area contributed by atoms with E-state index in [2.05, 4.69) is 5.32 Å². The van der Waals surface area contributed by atoms with Gasteiger partial charge in [-0.3, -0.25) is 13.9 Å². The standard InChI is InChI=1S/C28H32FN3O4S/c1-5-30-28(34)22(4)31(18-23-9-7-6-8-21(23)3)27(33)19-32(25-14-10-20(2)11-15-25)37(35,36)26-16-12-24(29)13-17-26/h6-17,22H,5,18-19H2,1-4H3,(H,30,34)/t22-/m0/s1. The van der Waals surface area contributed by atoms with Gasteiger partial charge in [0.2, 0.25) is 11.8 Å². The molecule has 0 radical (unpaired) electrons. The third-order valence-electron chi connectivity index (χ3n) is 6.12. The maximum atomic E-state index is 13.8. The Morgan fingerprint density at radius 1 is 0.946 bits per heavy atom. The lowest BCUT2D eigenvalue weighted by atomic mass is 10.1. The topological polar surface area (TPSA) is 86.8 Å². The summed E-state index contributed by atoms with van der Waals surface area (Å²) in [6, 6.07) is 17.8. The van der Waals surface area contributed by atoms with Gasteiger partial charge in [-0.1, -0.05) is 42.0 Å². The lowest BCUT2D eigenvalue weighted by Crippen LogP contribution is -2.51. The summed E-state index contributed by atoms with van der Waals surface area (Å²) in [5.41, 5.74) is 2.98. The van der Waals surface area contributed by atoms with Gasteiger partial charge in [0.05, 0.1) is 10.6 Å².